The van der Waals surface area contributed by atoms with Crippen LogP contribution in [0.5, 0.6) is 5.75 Å². The minimum absolute atomic E-state index is 0.126. The van der Waals surface area contributed by atoms with Crippen molar-refractivity contribution in [2.75, 3.05) is 11.8 Å². The first-order chi connectivity index (χ1) is 13.9. The lowest BCUT2D eigenvalue weighted by molar-refractivity contribution is 0.104. The molecule has 1 heterocycles. The Hall–Kier alpha value is -3.45. The standard InChI is InChI=1S/C22H20N2O4S/c1-16-5-7-17(8-6-16)9-11-20(25)18-10-12-21(28-2)22(14-18)29(26,27)24-19-4-3-13-23-15-19/h3-15,24H,1-2H3/b11-9+. The van der Waals surface area contributed by atoms with Crippen LogP contribution in [0.1, 0.15) is 21.5 Å². The molecule has 0 fully saturated rings. The van der Waals surface area contributed by atoms with E-state index in [-0.39, 0.29) is 22.0 Å². The van der Waals surface area contributed by atoms with Crippen molar-refractivity contribution in [3.8, 4) is 5.75 Å². The molecule has 0 bridgehead atoms. The van der Waals surface area contributed by atoms with Crippen molar-refractivity contribution in [2.24, 2.45) is 0 Å². The van der Waals surface area contributed by atoms with Crippen LogP contribution < -0.4 is 9.46 Å². The zero-order valence-corrected chi connectivity index (χ0v) is 16.8. The number of aromatic nitrogens is 1. The van der Waals surface area contributed by atoms with Crippen LogP contribution >= 0.6 is 0 Å². The fourth-order valence-electron chi connectivity index (χ4n) is 2.62. The second-order valence-electron chi connectivity index (χ2n) is 6.32. The molecule has 1 N–H and O–H groups in total. The number of benzene rings is 2. The molecule has 3 rings (SSSR count). The van der Waals surface area contributed by atoms with Crippen molar-refractivity contribution in [3.63, 3.8) is 0 Å². The summed E-state index contributed by atoms with van der Waals surface area (Å²) >= 11 is 0. The molecule has 6 nitrogen and oxygen atoms in total. The average Bonchev–Trinajstić information content (AvgIpc) is 2.73. The van der Waals surface area contributed by atoms with E-state index in [1.807, 2.05) is 31.2 Å². The number of rotatable bonds is 7. The summed E-state index contributed by atoms with van der Waals surface area (Å²) in [5, 5.41) is 0. The number of hydrogen-bond acceptors (Lipinski definition) is 5. The van der Waals surface area contributed by atoms with Gasteiger partial charge in [-0.2, -0.15) is 0 Å². The summed E-state index contributed by atoms with van der Waals surface area (Å²) in [6.07, 6.45) is 6.03. The predicted octanol–water partition coefficient (Wildman–Crippen LogP) is 4.10. The normalized spacial score (nSPS) is 11.4. The molecule has 0 radical (unpaired) electrons. The van der Waals surface area contributed by atoms with E-state index in [0.29, 0.717) is 5.69 Å². The van der Waals surface area contributed by atoms with Gasteiger partial charge in [0.15, 0.2) is 5.78 Å². The van der Waals surface area contributed by atoms with Gasteiger partial charge >= 0.3 is 0 Å². The van der Waals surface area contributed by atoms with Crippen LogP contribution in [-0.2, 0) is 10.0 Å². The van der Waals surface area contributed by atoms with E-state index >= 15 is 0 Å². The zero-order chi connectivity index (χ0) is 20.9. The summed E-state index contributed by atoms with van der Waals surface area (Å²) in [5.41, 5.74) is 2.55. The van der Waals surface area contributed by atoms with Crippen molar-refractivity contribution >= 4 is 27.6 Å². The number of ketones is 1. The van der Waals surface area contributed by atoms with Gasteiger partial charge in [0.2, 0.25) is 0 Å². The molecule has 0 saturated heterocycles. The third-order valence-electron chi connectivity index (χ3n) is 4.16. The van der Waals surface area contributed by atoms with Crippen molar-refractivity contribution < 1.29 is 17.9 Å². The Balaban J connectivity index is 1.90. The Morgan fingerprint density at radius 1 is 1.10 bits per heavy atom. The van der Waals surface area contributed by atoms with Gasteiger partial charge in [0.05, 0.1) is 19.0 Å². The number of pyridine rings is 1. The molecule has 0 unspecified atom stereocenters. The van der Waals surface area contributed by atoms with E-state index in [0.717, 1.165) is 11.1 Å². The van der Waals surface area contributed by atoms with Crippen LogP contribution in [-0.4, -0.2) is 26.3 Å². The molecule has 7 heteroatoms. The highest BCUT2D eigenvalue weighted by atomic mass is 32.2. The minimum atomic E-state index is -3.98. The van der Waals surface area contributed by atoms with E-state index in [4.69, 9.17) is 4.74 Å². The van der Waals surface area contributed by atoms with E-state index < -0.39 is 10.0 Å². The predicted molar refractivity (Wildman–Crippen MR) is 113 cm³/mol. The second-order valence-corrected chi connectivity index (χ2v) is 7.97. The van der Waals surface area contributed by atoms with E-state index in [1.54, 1.807) is 18.2 Å². The summed E-state index contributed by atoms with van der Waals surface area (Å²) in [6, 6.07) is 15.2. The molecule has 2 aromatic carbocycles. The lowest BCUT2D eigenvalue weighted by Gasteiger charge is -2.12. The van der Waals surface area contributed by atoms with Crippen LogP contribution in [0.15, 0.2) is 78.0 Å². The van der Waals surface area contributed by atoms with Crippen molar-refractivity contribution in [1.82, 2.24) is 4.98 Å². The topological polar surface area (TPSA) is 85.4 Å². The number of sulfonamides is 1. The molecule has 29 heavy (non-hydrogen) atoms. The largest absolute Gasteiger partial charge is 0.495 e. The fourth-order valence-corrected chi connectivity index (χ4v) is 3.86. The quantitative estimate of drug-likeness (QED) is 0.470. The molecule has 0 atom stereocenters. The first kappa shape index (κ1) is 20.3. The smallest absolute Gasteiger partial charge is 0.265 e. The number of carbonyl (C=O) groups excluding carboxylic acids is 1. The number of carbonyl (C=O) groups is 1. The van der Waals surface area contributed by atoms with Gasteiger partial charge in [-0.1, -0.05) is 35.9 Å². The summed E-state index contributed by atoms with van der Waals surface area (Å²) in [6.45, 7) is 1.98. The van der Waals surface area contributed by atoms with Crippen LogP contribution in [0.4, 0.5) is 5.69 Å². The molecule has 1 aromatic heterocycles. The highest BCUT2D eigenvalue weighted by Crippen LogP contribution is 2.27. The summed E-state index contributed by atoms with van der Waals surface area (Å²) in [5.74, 6) is -0.175. The van der Waals surface area contributed by atoms with Gasteiger partial charge in [0, 0.05) is 11.8 Å². The van der Waals surface area contributed by atoms with E-state index in [1.165, 1.54) is 43.8 Å². The number of aryl methyl sites for hydroxylation is 1. The fraction of sp³-hybridized carbons (Fsp3) is 0.0909. The molecule has 0 aliphatic carbocycles. The molecule has 148 valence electrons. The van der Waals surface area contributed by atoms with Crippen LogP contribution in [0.25, 0.3) is 6.08 Å². The molecular weight excluding hydrogens is 388 g/mol. The third-order valence-corrected chi connectivity index (χ3v) is 5.56. The van der Waals surface area contributed by atoms with Crippen LogP contribution in [0.3, 0.4) is 0 Å². The molecule has 0 aliphatic heterocycles. The van der Waals surface area contributed by atoms with Crippen molar-refractivity contribution in [3.05, 3.63) is 89.8 Å². The average molecular weight is 408 g/mol. The van der Waals surface area contributed by atoms with Gasteiger partial charge in [0.25, 0.3) is 10.0 Å². The summed E-state index contributed by atoms with van der Waals surface area (Å²) < 4.78 is 33.3. The van der Waals surface area contributed by atoms with Gasteiger partial charge in [-0.25, -0.2) is 8.42 Å². The van der Waals surface area contributed by atoms with Crippen molar-refractivity contribution in [2.45, 2.75) is 11.8 Å². The second kappa shape index (κ2) is 8.70. The first-order valence-electron chi connectivity index (χ1n) is 8.79. The summed E-state index contributed by atoms with van der Waals surface area (Å²) in [4.78, 5) is 16.3. The number of nitrogens with zero attached hydrogens (tertiary/aromatic N) is 1. The van der Waals surface area contributed by atoms with Crippen molar-refractivity contribution in [1.29, 1.82) is 0 Å². The maximum absolute atomic E-state index is 12.8. The molecule has 0 amide bonds. The Morgan fingerprint density at radius 2 is 1.86 bits per heavy atom. The summed E-state index contributed by atoms with van der Waals surface area (Å²) in [7, 11) is -2.60. The molecule has 3 aromatic rings. The number of nitrogens with one attached hydrogen (secondary N) is 1. The van der Waals surface area contributed by atoms with E-state index in [2.05, 4.69) is 9.71 Å². The molecule has 0 aliphatic rings. The van der Waals surface area contributed by atoms with Gasteiger partial charge in [-0.3, -0.25) is 14.5 Å². The number of ether oxygens (including phenoxy) is 1. The highest BCUT2D eigenvalue weighted by Gasteiger charge is 2.21. The monoisotopic (exact) mass is 408 g/mol. The Labute approximate surface area is 169 Å². The van der Waals surface area contributed by atoms with Gasteiger partial charge in [0.1, 0.15) is 10.6 Å². The maximum atomic E-state index is 12.8. The van der Waals surface area contributed by atoms with Gasteiger partial charge in [-0.15, -0.1) is 0 Å². The van der Waals surface area contributed by atoms with Gasteiger partial charge in [-0.05, 0) is 48.9 Å². The molecular formula is C22H20N2O4S. The lowest BCUT2D eigenvalue weighted by Crippen LogP contribution is -2.15. The molecule has 0 spiro atoms. The Morgan fingerprint density at radius 3 is 2.52 bits per heavy atom. The number of methoxy groups -OCH3 is 1. The maximum Gasteiger partial charge on any atom is 0.265 e. The Kier molecular flexibility index (Phi) is 6.09. The SMILES string of the molecule is COc1ccc(C(=O)/C=C/c2ccc(C)cc2)cc1S(=O)(=O)Nc1cccnc1. The Bertz CT molecular complexity index is 1140. The lowest BCUT2D eigenvalue weighted by atomic mass is 10.1. The molecule has 0 saturated carbocycles. The van der Waals surface area contributed by atoms with Gasteiger partial charge < -0.3 is 4.74 Å². The van der Waals surface area contributed by atoms with Crippen LogP contribution in [0, 0.1) is 6.92 Å². The number of anilines is 1. The number of hydrogen-bond donors (Lipinski definition) is 1. The minimum Gasteiger partial charge on any atom is -0.495 e. The third kappa shape index (κ3) is 5.08. The highest BCUT2D eigenvalue weighted by molar-refractivity contribution is 7.92. The number of allylic oxidation sites excluding steroid dienone is 1. The van der Waals surface area contributed by atoms with E-state index in [9.17, 15) is 13.2 Å². The zero-order valence-electron chi connectivity index (χ0n) is 16.0. The first-order valence-corrected chi connectivity index (χ1v) is 10.3. The van der Waals surface area contributed by atoms with Crippen LogP contribution in [0.2, 0.25) is 0 Å².